The largest absolute Gasteiger partial charge is 0.395 e. The van der Waals surface area contributed by atoms with Gasteiger partial charge in [0.2, 0.25) is 0 Å². The monoisotopic (exact) mass is 289 g/mol. The number of hydrogen-bond acceptors (Lipinski definition) is 3. The minimum absolute atomic E-state index is 0.198. The summed E-state index contributed by atoms with van der Waals surface area (Å²) in [4.78, 5) is 2.20. The average Bonchev–Trinajstić information content (AvgIpc) is 2.55. The molecule has 1 aromatic rings. The lowest BCUT2D eigenvalue weighted by atomic mass is 10.3. The van der Waals surface area contributed by atoms with Gasteiger partial charge in [-0.1, -0.05) is 13.8 Å². The van der Waals surface area contributed by atoms with Crippen LogP contribution in [0.25, 0.3) is 0 Å². The van der Waals surface area contributed by atoms with Crippen LogP contribution in [0.3, 0.4) is 0 Å². The lowest BCUT2D eigenvalue weighted by Crippen LogP contribution is -2.27. The smallest absolute Gasteiger partial charge is 0.0767 e. The summed E-state index contributed by atoms with van der Waals surface area (Å²) in [5.74, 6) is 0. The molecular weight excluding hydrogens is 270 g/mol. The first-order chi connectivity index (χ1) is 7.63. The van der Waals surface area contributed by atoms with E-state index in [9.17, 15) is 0 Å². The van der Waals surface area contributed by atoms with Crippen LogP contribution in [0.2, 0.25) is 0 Å². The molecule has 0 aliphatic rings. The molecule has 0 atom stereocenters. The highest BCUT2D eigenvalue weighted by molar-refractivity contribution is 9.10. The molecule has 5 heteroatoms. The number of aliphatic hydroxyl groups is 1. The second-order valence-corrected chi connectivity index (χ2v) is 4.57. The predicted molar refractivity (Wildman–Crippen MR) is 68.3 cm³/mol. The van der Waals surface area contributed by atoms with E-state index in [4.69, 9.17) is 5.11 Å². The zero-order chi connectivity index (χ0) is 12.1. The van der Waals surface area contributed by atoms with Crippen LogP contribution in [0, 0.1) is 0 Å². The van der Waals surface area contributed by atoms with Gasteiger partial charge < -0.3 is 5.11 Å². The number of likely N-dealkylation sites (N-methyl/N-ethyl adjacent to an activating group) is 1. The topological polar surface area (TPSA) is 41.3 Å². The van der Waals surface area contributed by atoms with Crippen molar-refractivity contribution in [3.05, 3.63) is 15.9 Å². The van der Waals surface area contributed by atoms with Crippen molar-refractivity contribution in [3.63, 3.8) is 0 Å². The van der Waals surface area contributed by atoms with E-state index in [1.807, 2.05) is 11.7 Å². The van der Waals surface area contributed by atoms with Crippen molar-refractivity contribution >= 4 is 15.9 Å². The van der Waals surface area contributed by atoms with Crippen LogP contribution in [-0.4, -0.2) is 39.5 Å². The molecule has 0 unspecified atom stereocenters. The van der Waals surface area contributed by atoms with Crippen LogP contribution in [-0.2, 0) is 20.0 Å². The Labute approximate surface area is 105 Å². The van der Waals surface area contributed by atoms with E-state index >= 15 is 0 Å². The molecule has 0 spiro atoms. The fraction of sp³-hybridized carbons (Fsp3) is 0.727. The van der Waals surface area contributed by atoms with Crippen LogP contribution < -0.4 is 0 Å². The first-order valence-corrected chi connectivity index (χ1v) is 6.46. The van der Waals surface area contributed by atoms with Crippen LogP contribution in [0.4, 0.5) is 0 Å². The van der Waals surface area contributed by atoms with Gasteiger partial charge in [0.1, 0.15) is 0 Å². The van der Waals surface area contributed by atoms with Gasteiger partial charge in [-0.15, -0.1) is 0 Å². The Balaban J connectivity index is 2.82. The molecule has 0 aliphatic carbocycles. The standard InChI is InChI=1S/C11H20BrN3O/c1-4-9-11(12)10(14(3)13-9)8-15(5-2)6-7-16/h16H,4-8H2,1-3H3. The maximum Gasteiger partial charge on any atom is 0.0767 e. The lowest BCUT2D eigenvalue weighted by Gasteiger charge is -2.19. The first-order valence-electron chi connectivity index (χ1n) is 5.67. The summed E-state index contributed by atoms with van der Waals surface area (Å²) in [6.45, 7) is 6.85. The van der Waals surface area contributed by atoms with E-state index in [2.05, 4.69) is 39.8 Å². The molecule has 1 heterocycles. The van der Waals surface area contributed by atoms with Crippen molar-refractivity contribution in [2.75, 3.05) is 19.7 Å². The number of aromatic nitrogens is 2. The second kappa shape index (κ2) is 6.37. The fourth-order valence-corrected chi connectivity index (χ4v) is 2.44. The van der Waals surface area contributed by atoms with E-state index < -0.39 is 0 Å². The molecule has 16 heavy (non-hydrogen) atoms. The van der Waals surface area contributed by atoms with Crippen molar-refractivity contribution in [3.8, 4) is 0 Å². The minimum Gasteiger partial charge on any atom is -0.395 e. The third-order valence-electron chi connectivity index (χ3n) is 2.74. The van der Waals surface area contributed by atoms with Gasteiger partial charge in [0.25, 0.3) is 0 Å². The molecule has 4 nitrogen and oxygen atoms in total. The van der Waals surface area contributed by atoms with E-state index in [0.29, 0.717) is 6.54 Å². The Morgan fingerprint density at radius 3 is 2.56 bits per heavy atom. The van der Waals surface area contributed by atoms with Crippen LogP contribution in [0.15, 0.2) is 4.47 Å². The summed E-state index contributed by atoms with van der Waals surface area (Å²) in [5.41, 5.74) is 2.27. The highest BCUT2D eigenvalue weighted by Crippen LogP contribution is 2.22. The molecular formula is C11H20BrN3O. The average molecular weight is 290 g/mol. The van der Waals surface area contributed by atoms with Gasteiger partial charge in [-0.25, -0.2) is 0 Å². The lowest BCUT2D eigenvalue weighted by molar-refractivity contribution is 0.193. The Kier molecular flexibility index (Phi) is 5.44. The van der Waals surface area contributed by atoms with Crippen LogP contribution in [0.5, 0.6) is 0 Å². The number of aliphatic hydroxyl groups excluding tert-OH is 1. The van der Waals surface area contributed by atoms with Crippen molar-refractivity contribution in [1.29, 1.82) is 0 Å². The summed E-state index contributed by atoms with van der Waals surface area (Å²) in [5, 5.41) is 13.4. The maximum atomic E-state index is 8.96. The molecule has 92 valence electrons. The van der Waals surface area contributed by atoms with Crippen molar-refractivity contribution in [1.82, 2.24) is 14.7 Å². The highest BCUT2D eigenvalue weighted by atomic mass is 79.9. The molecule has 0 saturated heterocycles. The fourth-order valence-electron chi connectivity index (χ4n) is 1.69. The van der Waals surface area contributed by atoms with E-state index in [-0.39, 0.29) is 6.61 Å². The summed E-state index contributed by atoms with van der Waals surface area (Å²) in [6, 6.07) is 0. The summed E-state index contributed by atoms with van der Waals surface area (Å²) in [7, 11) is 1.96. The number of halogens is 1. The van der Waals surface area contributed by atoms with Gasteiger partial charge in [0.05, 0.1) is 22.5 Å². The minimum atomic E-state index is 0.198. The summed E-state index contributed by atoms with van der Waals surface area (Å²) < 4.78 is 3.03. The zero-order valence-corrected chi connectivity index (χ0v) is 11.8. The Bertz CT molecular complexity index is 338. The molecule has 0 aromatic carbocycles. The van der Waals surface area contributed by atoms with Crippen molar-refractivity contribution in [2.45, 2.75) is 26.8 Å². The van der Waals surface area contributed by atoms with Gasteiger partial charge in [0.15, 0.2) is 0 Å². The highest BCUT2D eigenvalue weighted by Gasteiger charge is 2.14. The Morgan fingerprint density at radius 1 is 1.44 bits per heavy atom. The van der Waals surface area contributed by atoms with Crippen molar-refractivity contribution < 1.29 is 5.11 Å². The molecule has 0 fully saturated rings. The Morgan fingerprint density at radius 2 is 2.12 bits per heavy atom. The predicted octanol–water partition coefficient (Wildman–Crippen LogP) is 1.56. The van der Waals surface area contributed by atoms with Gasteiger partial charge in [-0.3, -0.25) is 9.58 Å². The summed E-state index contributed by atoms with van der Waals surface area (Å²) >= 11 is 3.60. The number of rotatable bonds is 6. The first kappa shape index (κ1) is 13.7. The SMILES string of the molecule is CCc1nn(C)c(CN(CC)CCO)c1Br. The third kappa shape index (κ3) is 3.06. The molecule has 1 aromatic heterocycles. The summed E-state index contributed by atoms with van der Waals surface area (Å²) in [6.07, 6.45) is 0.931. The molecule has 1 N–H and O–H groups in total. The molecule has 0 aliphatic heterocycles. The number of nitrogens with zero attached hydrogens (tertiary/aromatic N) is 3. The second-order valence-electron chi connectivity index (χ2n) is 3.78. The van der Waals surface area contributed by atoms with Crippen LogP contribution >= 0.6 is 15.9 Å². The molecule has 0 amide bonds. The quantitative estimate of drug-likeness (QED) is 0.864. The van der Waals surface area contributed by atoms with Gasteiger partial charge in [-0.2, -0.15) is 5.10 Å². The number of aryl methyl sites for hydroxylation is 2. The third-order valence-corrected chi connectivity index (χ3v) is 3.66. The number of hydrogen-bond donors (Lipinski definition) is 1. The Hall–Kier alpha value is -0.390. The van der Waals surface area contributed by atoms with E-state index in [1.165, 1.54) is 5.69 Å². The molecule has 1 rings (SSSR count). The zero-order valence-electron chi connectivity index (χ0n) is 10.2. The molecule has 0 saturated carbocycles. The normalized spacial score (nSPS) is 11.4. The van der Waals surface area contributed by atoms with Crippen LogP contribution in [0.1, 0.15) is 25.2 Å². The maximum absolute atomic E-state index is 8.96. The van der Waals surface area contributed by atoms with E-state index in [1.54, 1.807) is 0 Å². The molecule has 0 radical (unpaired) electrons. The van der Waals surface area contributed by atoms with Gasteiger partial charge in [-0.05, 0) is 28.9 Å². The van der Waals surface area contributed by atoms with Gasteiger partial charge in [0, 0.05) is 20.1 Å². The van der Waals surface area contributed by atoms with E-state index in [0.717, 1.165) is 29.7 Å². The van der Waals surface area contributed by atoms with Gasteiger partial charge >= 0.3 is 0 Å². The van der Waals surface area contributed by atoms with Crippen molar-refractivity contribution in [2.24, 2.45) is 7.05 Å². The molecule has 0 bridgehead atoms.